The highest BCUT2D eigenvalue weighted by Crippen LogP contribution is 1.99. The molecule has 2 amide bonds. The number of amides is 2. The summed E-state index contributed by atoms with van der Waals surface area (Å²) in [7, 11) is 0. The van der Waals surface area contributed by atoms with Crippen LogP contribution in [0.1, 0.15) is 6.42 Å². The van der Waals surface area contributed by atoms with Crippen LogP contribution in [0.5, 0.6) is 0 Å². The van der Waals surface area contributed by atoms with E-state index in [4.69, 9.17) is 15.3 Å². The molecular weight excluding hydrogens is 254 g/mol. The molecule has 0 spiro atoms. The number of alkyl halides is 2. The minimum Gasteiger partial charge on any atom is -0.479 e. The molecule has 0 aliphatic carbocycles. The standard InChI is InChI=1S/C9H16F2N2O5/c10-7(11)5-13(3-4-14)9(18)12-2-1-6(15)8(16)17/h6-7,14-15H,1-5H2,(H,12,18)(H,16,17). The zero-order valence-electron chi connectivity index (χ0n) is 9.55. The van der Waals surface area contributed by atoms with Gasteiger partial charge in [-0.1, -0.05) is 0 Å². The second-order valence-electron chi connectivity index (χ2n) is 3.44. The Morgan fingerprint density at radius 3 is 2.39 bits per heavy atom. The van der Waals surface area contributed by atoms with Gasteiger partial charge >= 0.3 is 12.0 Å². The highest BCUT2D eigenvalue weighted by atomic mass is 19.3. The molecular formula is C9H16F2N2O5. The van der Waals surface area contributed by atoms with E-state index in [2.05, 4.69) is 5.32 Å². The van der Waals surface area contributed by atoms with Crippen LogP contribution in [-0.4, -0.2) is 71.0 Å². The van der Waals surface area contributed by atoms with Crippen molar-refractivity contribution in [3.63, 3.8) is 0 Å². The Bertz CT molecular complexity index is 278. The van der Waals surface area contributed by atoms with E-state index < -0.39 is 37.7 Å². The van der Waals surface area contributed by atoms with E-state index in [9.17, 15) is 18.4 Å². The van der Waals surface area contributed by atoms with Gasteiger partial charge in [0.25, 0.3) is 6.43 Å². The Balaban J connectivity index is 4.06. The first-order chi connectivity index (χ1) is 8.38. The number of rotatable bonds is 8. The van der Waals surface area contributed by atoms with Crippen molar-refractivity contribution >= 4 is 12.0 Å². The topological polar surface area (TPSA) is 110 Å². The molecule has 18 heavy (non-hydrogen) atoms. The number of hydrogen-bond acceptors (Lipinski definition) is 4. The van der Waals surface area contributed by atoms with E-state index in [1.54, 1.807) is 0 Å². The van der Waals surface area contributed by atoms with Gasteiger partial charge in [-0.05, 0) is 0 Å². The number of aliphatic hydroxyl groups excluding tert-OH is 2. The second kappa shape index (κ2) is 8.59. The maximum atomic E-state index is 12.1. The number of hydrogen-bond donors (Lipinski definition) is 4. The lowest BCUT2D eigenvalue weighted by molar-refractivity contribution is -0.146. The zero-order valence-corrected chi connectivity index (χ0v) is 9.55. The number of nitrogens with one attached hydrogen (secondary N) is 1. The molecule has 0 aromatic carbocycles. The molecule has 0 aliphatic heterocycles. The molecule has 1 unspecified atom stereocenters. The number of aliphatic hydroxyl groups is 2. The van der Waals surface area contributed by atoms with Crippen LogP contribution >= 0.6 is 0 Å². The van der Waals surface area contributed by atoms with Crippen molar-refractivity contribution < 1.29 is 33.7 Å². The number of carbonyl (C=O) groups is 2. The first-order valence-electron chi connectivity index (χ1n) is 5.21. The molecule has 0 saturated heterocycles. The van der Waals surface area contributed by atoms with Gasteiger partial charge < -0.3 is 25.5 Å². The fraction of sp³-hybridized carbons (Fsp3) is 0.778. The summed E-state index contributed by atoms with van der Waals surface area (Å²) in [4.78, 5) is 22.3. The Kier molecular flexibility index (Phi) is 7.88. The third-order valence-electron chi connectivity index (χ3n) is 1.99. The summed E-state index contributed by atoms with van der Waals surface area (Å²) >= 11 is 0. The number of carboxylic acids is 1. The molecule has 9 heteroatoms. The van der Waals surface area contributed by atoms with E-state index in [1.807, 2.05) is 0 Å². The molecule has 0 aromatic rings. The quantitative estimate of drug-likeness (QED) is 0.456. The van der Waals surface area contributed by atoms with Crippen LogP contribution < -0.4 is 5.32 Å². The van der Waals surface area contributed by atoms with Gasteiger partial charge in [-0.2, -0.15) is 0 Å². The minimum atomic E-state index is -2.73. The van der Waals surface area contributed by atoms with Gasteiger partial charge in [-0.25, -0.2) is 18.4 Å². The molecule has 7 nitrogen and oxygen atoms in total. The molecule has 0 bridgehead atoms. The Morgan fingerprint density at radius 1 is 1.33 bits per heavy atom. The fourth-order valence-electron chi connectivity index (χ4n) is 1.11. The predicted octanol–water partition coefficient (Wildman–Crippen LogP) is -0.909. The molecule has 0 aromatic heterocycles. The minimum absolute atomic E-state index is 0.169. The fourth-order valence-corrected chi connectivity index (χ4v) is 1.11. The molecule has 0 radical (unpaired) electrons. The highest BCUT2D eigenvalue weighted by molar-refractivity contribution is 5.74. The van der Waals surface area contributed by atoms with Crippen molar-refractivity contribution in [2.24, 2.45) is 0 Å². The smallest absolute Gasteiger partial charge is 0.332 e. The average Bonchev–Trinajstić information content (AvgIpc) is 2.27. The third kappa shape index (κ3) is 6.97. The summed E-state index contributed by atoms with van der Waals surface area (Å²) in [5.74, 6) is -1.43. The molecule has 0 fully saturated rings. The number of nitrogens with zero attached hydrogens (tertiary/aromatic N) is 1. The SMILES string of the molecule is O=C(O)C(O)CCNC(=O)N(CCO)CC(F)F. The van der Waals surface area contributed by atoms with Crippen LogP contribution in [0, 0.1) is 0 Å². The number of carboxylic acid groups (broad SMARTS) is 1. The summed E-state index contributed by atoms with van der Waals surface area (Å²) in [6.45, 7) is -1.71. The van der Waals surface area contributed by atoms with Crippen molar-refractivity contribution in [1.29, 1.82) is 0 Å². The molecule has 106 valence electrons. The van der Waals surface area contributed by atoms with Gasteiger partial charge in [-0.15, -0.1) is 0 Å². The van der Waals surface area contributed by atoms with Gasteiger partial charge in [0.15, 0.2) is 6.10 Å². The largest absolute Gasteiger partial charge is 0.479 e. The van der Waals surface area contributed by atoms with Crippen molar-refractivity contribution in [1.82, 2.24) is 10.2 Å². The second-order valence-corrected chi connectivity index (χ2v) is 3.44. The number of aliphatic carboxylic acids is 1. The van der Waals surface area contributed by atoms with Crippen LogP contribution in [0.2, 0.25) is 0 Å². The third-order valence-corrected chi connectivity index (χ3v) is 1.99. The lowest BCUT2D eigenvalue weighted by Gasteiger charge is -2.21. The summed E-state index contributed by atoms with van der Waals surface area (Å²) in [5.41, 5.74) is 0. The molecule has 0 saturated carbocycles. The van der Waals surface area contributed by atoms with Crippen LogP contribution in [0.4, 0.5) is 13.6 Å². The van der Waals surface area contributed by atoms with Crippen molar-refractivity contribution in [3.05, 3.63) is 0 Å². The normalized spacial score (nSPS) is 12.3. The predicted molar refractivity (Wildman–Crippen MR) is 56.3 cm³/mol. The molecule has 0 aliphatic rings. The lowest BCUT2D eigenvalue weighted by atomic mass is 10.2. The molecule has 0 heterocycles. The Hall–Kier alpha value is -1.48. The van der Waals surface area contributed by atoms with Crippen molar-refractivity contribution in [2.45, 2.75) is 19.0 Å². The Labute approximate surface area is 102 Å². The zero-order chi connectivity index (χ0) is 14.1. The van der Waals surface area contributed by atoms with Crippen molar-refractivity contribution in [3.8, 4) is 0 Å². The van der Waals surface area contributed by atoms with Crippen LogP contribution in [0.3, 0.4) is 0 Å². The summed E-state index contributed by atoms with van der Waals surface area (Å²) in [6.07, 6.45) is -4.58. The first-order valence-corrected chi connectivity index (χ1v) is 5.21. The van der Waals surface area contributed by atoms with E-state index in [-0.39, 0.29) is 19.5 Å². The van der Waals surface area contributed by atoms with Crippen LogP contribution in [0.15, 0.2) is 0 Å². The summed E-state index contributed by atoms with van der Waals surface area (Å²) < 4.78 is 24.2. The van der Waals surface area contributed by atoms with E-state index in [0.29, 0.717) is 4.90 Å². The first kappa shape index (κ1) is 16.5. The van der Waals surface area contributed by atoms with E-state index in [0.717, 1.165) is 0 Å². The van der Waals surface area contributed by atoms with Gasteiger partial charge in [0.2, 0.25) is 0 Å². The molecule has 1 atom stereocenters. The van der Waals surface area contributed by atoms with Crippen molar-refractivity contribution in [2.75, 3.05) is 26.2 Å². The van der Waals surface area contributed by atoms with Gasteiger partial charge in [0.05, 0.1) is 13.2 Å². The van der Waals surface area contributed by atoms with Gasteiger partial charge in [-0.3, -0.25) is 0 Å². The lowest BCUT2D eigenvalue weighted by Crippen LogP contribution is -2.44. The van der Waals surface area contributed by atoms with E-state index in [1.165, 1.54) is 0 Å². The molecule has 0 rings (SSSR count). The maximum Gasteiger partial charge on any atom is 0.332 e. The number of urea groups is 1. The number of carbonyl (C=O) groups excluding carboxylic acids is 1. The van der Waals surface area contributed by atoms with Gasteiger partial charge in [0.1, 0.15) is 0 Å². The maximum absolute atomic E-state index is 12.1. The summed E-state index contributed by atoms with van der Waals surface area (Å²) in [5, 5.41) is 28.0. The van der Waals surface area contributed by atoms with Crippen LogP contribution in [0.25, 0.3) is 0 Å². The average molecular weight is 270 g/mol. The highest BCUT2D eigenvalue weighted by Gasteiger charge is 2.18. The van der Waals surface area contributed by atoms with E-state index >= 15 is 0 Å². The van der Waals surface area contributed by atoms with Gasteiger partial charge in [0, 0.05) is 19.5 Å². The van der Waals surface area contributed by atoms with Crippen LogP contribution in [-0.2, 0) is 4.79 Å². The monoisotopic (exact) mass is 270 g/mol. The number of halogens is 2. The Morgan fingerprint density at radius 2 is 1.94 bits per heavy atom. The summed E-state index contributed by atoms with van der Waals surface area (Å²) in [6, 6.07) is -0.845. The molecule has 4 N–H and O–H groups in total.